The fraction of sp³-hybridized carbons (Fsp3) is 0.167. The Hall–Kier alpha value is -3.06. The van der Waals surface area contributed by atoms with Crippen molar-refractivity contribution in [3.05, 3.63) is 63.5 Å². The Morgan fingerprint density at radius 3 is 2.42 bits per heavy atom. The molecule has 0 radical (unpaired) electrons. The first kappa shape index (κ1) is 17.8. The van der Waals surface area contributed by atoms with Crippen molar-refractivity contribution in [1.82, 2.24) is 14.5 Å². The molecule has 26 heavy (non-hydrogen) atoms. The van der Waals surface area contributed by atoms with Gasteiger partial charge in [0.1, 0.15) is 0 Å². The van der Waals surface area contributed by atoms with E-state index < -0.39 is 11.8 Å². The molecule has 7 nitrogen and oxygen atoms in total. The van der Waals surface area contributed by atoms with E-state index in [9.17, 15) is 14.4 Å². The molecule has 0 spiro atoms. The van der Waals surface area contributed by atoms with Gasteiger partial charge in [-0.05, 0) is 29.8 Å². The Morgan fingerprint density at radius 1 is 1.00 bits per heavy atom. The van der Waals surface area contributed by atoms with Crippen LogP contribution in [-0.2, 0) is 30.2 Å². The van der Waals surface area contributed by atoms with Crippen molar-refractivity contribution in [2.24, 2.45) is 14.1 Å². The Balaban J connectivity index is 1.70. The lowest BCUT2D eigenvalue weighted by atomic mass is 10.2. The van der Waals surface area contributed by atoms with E-state index in [0.717, 1.165) is 11.1 Å². The number of fused-ring (bicyclic) bond motifs is 1. The van der Waals surface area contributed by atoms with Crippen molar-refractivity contribution in [2.75, 3.05) is 5.32 Å². The molecule has 0 aliphatic rings. The summed E-state index contributed by atoms with van der Waals surface area (Å²) >= 11 is 6.02. The lowest BCUT2D eigenvalue weighted by Crippen LogP contribution is -2.35. The van der Waals surface area contributed by atoms with Gasteiger partial charge < -0.3 is 10.6 Å². The minimum absolute atomic E-state index is 0.151. The minimum atomic E-state index is -0.794. The molecule has 8 heteroatoms. The van der Waals surface area contributed by atoms with E-state index in [4.69, 9.17) is 11.6 Å². The number of carbonyl (C=O) groups excluding carboxylic acids is 2. The maximum Gasteiger partial charge on any atom is 0.328 e. The monoisotopic (exact) mass is 372 g/mol. The molecule has 2 aromatic carbocycles. The highest BCUT2D eigenvalue weighted by molar-refractivity contribution is 6.39. The third-order valence-electron chi connectivity index (χ3n) is 4.13. The van der Waals surface area contributed by atoms with Crippen LogP contribution in [0.5, 0.6) is 0 Å². The van der Waals surface area contributed by atoms with Crippen LogP contribution in [0, 0.1) is 0 Å². The number of imidazole rings is 1. The van der Waals surface area contributed by atoms with Gasteiger partial charge >= 0.3 is 17.5 Å². The van der Waals surface area contributed by atoms with Crippen molar-refractivity contribution in [1.29, 1.82) is 0 Å². The van der Waals surface area contributed by atoms with E-state index in [0.29, 0.717) is 16.2 Å². The number of aromatic nitrogens is 2. The highest BCUT2D eigenvalue weighted by atomic mass is 35.5. The van der Waals surface area contributed by atoms with Gasteiger partial charge in [-0.1, -0.05) is 29.8 Å². The van der Waals surface area contributed by atoms with E-state index in [-0.39, 0.29) is 12.2 Å². The zero-order valence-electron chi connectivity index (χ0n) is 14.2. The topological polar surface area (TPSA) is 85.1 Å². The third-order valence-corrected chi connectivity index (χ3v) is 4.50. The van der Waals surface area contributed by atoms with Gasteiger partial charge in [0.2, 0.25) is 0 Å². The van der Waals surface area contributed by atoms with E-state index in [1.54, 1.807) is 56.6 Å². The summed E-state index contributed by atoms with van der Waals surface area (Å²) in [5.41, 5.74) is 2.37. The van der Waals surface area contributed by atoms with E-state index in [2.05, 4.69) is 10.6 Å². The second-order valence-electron chi connectivity index (χ2n) is 5.83. The molecule has 2 amide bonds. The Morgan fingerprint density at radius 2 is 1.69 bits per heavy atom. The van der Waals surface area contributed by atoms with Crippen molar-refractivity contribution in [3.8, 4) is 0 Å². The number of nitrogens with zero attached hydrogens (tertiary/aromatic N) is 2. The molecule has 0 aliphatic carbocycles. The van der Waals surface area contributed by atoms with Crippen molar-refractivity contribution in [2.45, 2.75) is 6.54 Å². The summed E-state index contributed by atoms with van der Waals surface area (Å²) in [7, 11) is 3.32. The summed E-state index contributed by atoms with van der Waals surface area (Å²) in [4.78, 5) is 36.0. The number of carbonyl (C=O) groups is 2. The Labute approximate surface area is 154 Å². The Kier molecular flexibility index (Phi) is 4.81. The fourth-order valence-electron chi connectivity index (χ4n) is 2.67. The number of rotatable bonds is 3. The highest BCUT2D eigenvalue weighted by Gasteiger charge is 2.15. The van der Waals surface area contributed by atoms with Gasteiger partial charge in [0.05, 0.1) is 11.0 Å². The number of nitrogens with one attached hydrogen (secondary N) is 2. The van der Waals surface area contributed by atoms with Crippen LogP contribution in [0.15, 0.2) is 47.3 Å². The van der Waals surface area contributed by atoms with Crippen LogP contribution in [0.3, 0.4) is 0 Å². The summed E-state index contributed by atoms with van der Waals surface area (Å²) in [6, 6.07) is 12.1. The second-order valence-corrected chi connectivity index (χ2v) is 6.24. The molecule has 3 rings (SSSR count). The molecule has 0 saturated heterocycles. The molecule has 0 bridgehead atoms. The zero-order valence-corrected chi connectivity index (χ0v) is 15.0. The van der Waals surface area contributed by atoms with Crippen LogP contribution < -0.4 is 16.3 Å². The summed E-state index contributed by atoms with van der Waals surface area (Å²) in [6.07, 6.45) is 0. The molecule has 0 atom stereocenters. The lowest BCUT2D eigenvalue weighted by Gasteiger charge is -2.08. The zero-order chi connectivity index (χ0) is 18.8. The van der Waals surface area contributed by atoms with Crippen molar-refractivity contribution in [3.63, 3.8) is 0 Å². The molecule has 2 N–H and O–H groups in total. The van der Waals surface area contributed by atoms with Gasteiger partial charge in [-0.2, -0.15) is 0 Å². The number of halogens is 1. The van der Waals surface area contributed by atoms with Crippen molar-refractivity contribution < 1.29 is 9.59 Å². The van der Waals surface area contributed by atoms with Gasteiger partial charge in [0, 0.05) is 31.4 Å². The maximum absolute atomic E-state index is 12.1. The third kappa shape index (κ3) is 3.34. The van der Waals surface area contributed by atoms with E-state index in [1.165, 1.54) is 9.13 Å². The molecular weight excluding hydrogens is 356 g/mol. The molecule has 134 valence electrons. The number of amides is 2. The largest absolute Gasteiger partial charge is 0.344 e. The van der Waals surface area contributed by atoms with Crippen LogP contribution >= 0.6 is 11.6 Å². The van der Waals surface area contributed by atoms with Crippen LogP contribution in [0.25, 0.3) is 11.0 Å². The lowest BCUT2D eigenvalue weighted by molar-refractivity contribution is -0.136. The van der Waals surface area contributed by atoms with E-state index in [1.807, 2.05) is 0 Å². The number of aryl methyl sites for hydroxylation is 2. The minimum Gasteiger partial charge on any atom is -0.344 e. The molecule has 0 aliphatic heterocycles. The van der Waals surface area contributed by atoms with Gasteiger partial charge in [-0.25, -0.2) is 4.79 Å². The van der Waals surface area contributed by atoms with Gasteiger partial charge in [-0.3, -0.25) is 18.7 Å². The van der Waals surface area contributed by atoms with Crippen LogP contribution in [-0.4, -0.2) is 20.9 Å². The average Bonchev–Trinajstić information content (AvgIpc) is 2.85. The average molecular weight is 373 g/mol. The predicted octanol–water partition coefficient (Wildman–Crippen LogP) is 1.79. The molecular formula is C18H17ClN4O3. The quantitative estimate of drug-likeness (QED) is 0.687. The first-order valence-electron chi connectivity index (χ1n) is 7.86. The smallest absolute Gasteiger partial charge is 0.328 e. The summed E-state index contributed by atoms with van der Waals surface area (Å²) in [6.45, 7) is 0.151. The Bertz CT molecular complexity index is 1070. The fourth-order valence-corrected chi connectivity index (χ4v) is 2.87. The standard InChI is InChI=1S/C18H17ClN4O3/c1-22-14-8-7-12(9-15(14)23(2)18(22)26)21-17(25)16(24)20-10-11-5-3-4-6-13(11)19/h3-9H,10H2,1-2H3,(H,20,24)(H,21,25). The number of hydrogen-bond acceptors (Lipinski definition) is 3. The first-order chi connectivity index (χ1) is 12.4. The SMILES string of the molecule is Cn1c(=O)n(C)c2cc(NC(=O)C(=O)NCc3ccccc3Cl)ccc21. The maximum atomic E-state index is 12.1. The molecule has 1 aromatic heterocycles. The molecule has 0 saturated carbocycles. The molecule has 0 unspecified atom stereocenters. The van der Waals surface area contributed by atoms with Crippen LogP contribution in [0.1, 0.15) is 5.56 Å². The van der Waals surface area contributed by atoms with Crippen LogP contribution in [0.4, 0.5) is 5.69 Å². The summed E-state index contributed by atoms with van der Waals surface area (Å²) in [5.74, 6) is -1.57. The molecule has 3 aromatic rings. The van der Waals surface area contributed by atoms with E-state index >= 15 is 0 Å². The first-order valence-corrected chi connectivity index (χ1v) is 8.24. The van der Waals surface area contributed by atoms with Gasteiger partial charge in [0.15, 0.2) is 0 Å². The van der Waals surface area contributed by atoms with Crippen molar-refractivity contribution >= 4 is 40.1 Å². The van der Waals surface area contributed by atoms with Gasteiger partial charge in [-0.15, -0.1) is 0 Å². The summed E-state index contributed by atoms with van der Waals surface area (Å²) in [5, 5.41) is 5.58. The van der Waals surface area contributed by atoms with Gasteiger partial charge in [0.25, 0.3) is 0 Å². The van der Waals surface area contributed by atoms with Crippen LogP contribution in [0.2, 0.25) is 5.02 Å². The predicted molar refractivity (Wildman–Crippen MR) is 100 cm³/mol. The second kappa shape index (κ2) is 7.05. The molecule has 1 heterocycles. The highest BCUT2D eigenvalue weighted by Crippen LogP contribution is 2.18. The number of benzene rings is 2. The normalized spacial score (nSPS) is 10.7. The number of anilines is 1. The summed E-state index contributed by atoms with van der Waals surface area (Å²) < 4.78 is 2.99. The number of hydrogen-bond donors (Lipinski definition) is 2. The molecule has 0 fully saturated rings.